The van der Waals surface area contributed by atoms with Crippen LogP contribution in [0.2, 0.25) is 0 Å². The van der Waals surface area contributed by atoms with E-state index in [0.717, 1.165) is 16.7 Å². The molecule has 3 rings (SSSR count). The van der Waals surface area contributed by atoms with E-state index in [9.17, 15) is 28.7 Å². The number of nitrogens with zero attached hydrogens (tertiary/aromatic N) is 3. The van der Waals surface area contributed by atoms with E-state index in [1.165, 1.54) is 24.3 Å². The largest absolute Gasteiger partial charge is 0.480 e. The Hall–Kier alpha value is -4.10. The molecule has 15 heteroatoms. The molecular weight excluding hydrogens is 702 g/mol. The van der Waals surface area contributed by atoms with Crippen molar-refractivity contribution in [1.82, 2.24) is 25.5 Å². The second-order valence-electron chi connectivity index (χ2n) is 13.8. The predicted molar refractivity (Wildman–Crippen MR) is 197 cm³/mol. The molecule has 0 fully saturated rings. The monoisotopic (exact) mass is 750 g/mol. The molecule has 3 amide bonds. The van der Waals surface area contributed by atoms with Gasteiger partial charge in [-0.3, -0.25) is 9.59 Å². The number of carbonyl (C=O) groups excluding carboxylic acids is 3. The van der Waals surface area contributed by atoms with Crippen LogP contribution in [0.1, 0.15) is 58.8 Å². The molecule has 3 aromatic rings. The van der Waals surface area contributed by atoms with E-state index in [4.69, 9.17) is 32.9 Å². The highest BCUT2D eigenvalue weighted by molar-refractivity contribution is 6.18. The fourth-order valence-electron chi connectivity index (χ4n) is 5.53. The molecule has 1 aromatic heterocycles. The molecule has 280 valence electrons. The Morgan fingerprint density at radius 2 is 1.55 bits per heavy atom. The zero-order chi connectivity index (χ0) is 37.9. The van der Waals surface area contributed by atoms with E-state index in [1.807, 2.05) is 43.7 Å². The van der Waals surface area contributed by atoms with E-state index in [-0.39, 0.29) is 31.6 Å². The average Bonchev–Trinajstić information content (AvgIpc) is 3.36. The number of fused-ring (bicyclic) bond motifs is 1. The fourth-order valence-corrected chi connectivity index (χ4v) is 5.93. The molecule has 3 unspecified atom stereocenters. The Balaban J connectivity index is 1.77. The number of carbonyl (C=O) groups is 4. The van der Waals surface area contributed by atoms with Crippen molar-refractivity contribution in [2.75, 3.05) is 29.7 Å². The van der Waals surface area contributed by atoms with Crippen LogP contribution in [0, 0.1) is 11.7 Å². The zero-order valence-corrected chi connectivity index (χ0v) is 31.5. The van der Waals surface area contributed by atoms with Gasteiger partial charge in [0, 0.05) is 50.4 Å². The summed E-state index contributed by atoms with van der Waals surface area (Å²) in [6.45, 7) is 9.99. The first-order chi connectivity index (χ1) is 24.0. The van der Waals surface area contributed by atoms with Gasteiger partial charge in [0.05, 0.1) is 11.0 Å². The lowest BCUT2D eigenvalue weighted by atomic mass is 10.0. The summed E-state index contributed by atoms with van der Waals surface area (Å²) in [6.07, 6.45) is -0.397. The van der Waals surface area contributed by atoms with Gasteiger partial charge in [0.25, 0.3) is 0 Å². The zero-order valence-electron chi connectivity index (χ0n) is 30.0. The van der Waals surface area contributed by atoms with Gasteiger partial charge in [-0.15, -0.1) is 23.2 Å². The minimum Gasteiger partial charge on any atom is -0.480 e. The maximum Gasteiger partial charge on any atom is 0.408 e. The maximum atomic E-state index is 13.6. The van der Waals surface area contributed by atoms with Crippen LogP contribution >= 0.6 is 23.2 Å². The number of benzene rings is 2. The number of hydrogen-bond donors (Lipinski definition) is 4. The number of aryl methyl sites for hydroxylation is 2. The van der Waals surface area contributed by atoms with Crippen LogP contribution in [0.3, 0.4) is 0 Å². The molecule has 0 saturated heterocycles. The second-order valence-corrected chi connectivity index (χ2v) is 14.5. The average molecular weight is 752 g/mol. The summed E-state index contributed by atoms with van der Waals surface area (Å²) >= 11 is 12.0. The molecule has 0 spiro atoms. The third-order valence-electron chi connectivity index (χ3n) is 8.00. The van der Waals surface area contributed by atoms with Crippen molar-refractivity contribution in [3.8, 4) is 0 Å². The molecule has 1 heterocycles. The van der Waals surface area contributed by atoms with Crippen LogP contribution in [0.5, 0.6) is 0 Å². The maximum absolute atomic E-state index is 13.6. The summed E-state index contributed by atoms with van der Waals surface area (Å²) in [5.74, 6) is -1.63. The molecule has 0 aliphatic heterocycles. The molecule has 0 aliphatic rings. The van der Waals surface area contributed by atoms with Crippen LogP contribution in [-0.2, 0) is 39.0 Å². The number of amides is 3. The van der Waals surface area contributed by atoms with Gasteiger partial charge in [-0.2, -0.15) is 0 Å². The van der Waals surface area contributed by atoms with Crippen molar-refractivity contribution >= 4 is 63.8 Å². The summed E-state index contributed by atoms with van der Waals surface area (Å²) in [5.41, 5.74) is 2.22. The number of hydrogen-bond acceptors (Lipinski definition) is 7. The van der Waals surface area contributed by atoms with E-state index in [2.05, 4.69) is 20.9 Å². The summed E-state index contributed by atoms with van der Waals surface area (Å²) < 4.78 is 20.8. The molecule has 0 aliphatic carbocycles. The molecule has 0 saturated carbocycles. The number of nitrogens with one attached hydrogen (secondary N) is 3. The lowest BCUT2D eigenvalue weighted by Gasteiger charge is -2.26. The first-order valence-electron chi connectivity index (χ1n) is 16.9. The number of aliphatic carboxylic acids is 1. The van der Waals surface area contributed by atoms with Crippen molar-refractivity contribution in [2.24, 2.45) is 13.0 Å². The van der Waals surface area contributed by atoms with Crippen molar-refractivity contribution in [1.29, 1.82) is 0 Å². The molecule has 0 bridgehead atoms. The van der Waals surface area contributed by atoms with Gasteiger partial charge < -0.3 is 35.3 Å². The highest BCUT2D eigenvalue weighted by Crippen LogP contribution is 2.24. The minimum absolute atomic E-state index is 0.0178. The number of rotatable bonds is 18. The van der Waals surface area contributed by atoms with Gasteiger partial charge in [-0.1, -0.05) is 26.0 Å². The highest BCUT2D eigenvalue weighted by Gasteiger charge is 2.31. The first kappa shape index (κ1) is 41.3. The number of carboxylic acid groups (broad SMARTS) is 1. The lowest BCUT2D eigenvalue weighted by molar-refractivity contribution is -0.142. The molecule has 3 atom stereocenters. The van der Waals surface area contributed by atoms with E-state index in [1.54, 1.807) is 20.8 Å². The summed E-state index contributed by atoms with van der Waals surface area (Å²) in [4.78, 5) is 59.1. The van der Waals surface area contributed by atoms with Gasteiger partial charge >= 0.3 is 12.1 Å². The number of anilines is 1. The smallest absolute Gasteiger partial charge is 0.408 e. The quantitative estimate of drug-likeness (QED) is 0.130. The van der Waals surface area contributed by atoms with Crippen LogP contribution in [0.15, 0.2) is 42.5 Å². The molecule has 0 radical (unpaired) electrons. The molecule has 12 nitrogen and oxygen atoms in total. The number of carboxylic acids is 1. The third-order valence-corrected chi connectivity index (χ3v) is 8.34. The Kier molecular flexibility index (Phi) is 15.3. The minimum atomic E-state index is -1.28. The number of alkyl carbamates (subject to hydrolysis) is 1. The topological polar surface area (TPSA) is 155 Å². The van der Waals surface area contributed by atoms with E-state index < -0.39 is 53.4 Å². The number of aromatic nitrogens is 2. The fraction of sp³-hybridized carbons (Fsp3) is 0.528. The second kappa shape index (κ2) is 18.9. The van der Waals surface area contributed by atoms with Gasteiger partial charge in [0.15, 0.2) is 0 Å². The van der Waals surface area contributed by atoms with E-state index >= 15 is 0 Å². The van der Waals surface area contributed by atoms with Gasteiger partial charge in [0.2, 0.25) is 11.8 Å². The van der Waals surface area contributed by atoms with Gasteiger partial charge in [0.1, 0.15) is 35.4 Å². The molecule has 2 aromatic carbocycles. The number of imidazole rings is 1. The van der Waals surface area contributed by atoms with Crippen molar-refractivity contribution in [3.05, 3.63) is 59.7 Å². The van der Waals surface area contributed by atoms with Gasteiger partial charge in [-0.25, -0.2) is 19.0 Å². The summed E-state index contributed by atoms with van der Waals surface area (Å²) in [5, 5.41) is 17.9. The standard InChI is InChI=1S/C36H49Cl2FN6O6/c1-22(2)19-28(42-33(47)29(43-35(50)51-36(3,4)5)20-23-7-9-24(39)10-8-23)32(46)41-26(34(48)49)12-14-31-40-27-21-25(11-13-30(27)44(31)6)45(17-15-37)18-16-38/h7-11,13,21-22,26,28-29H,12,14-20H2,1-6H3,(H,41,46)(H,42,47)(H,43,50)(H,48,49). The van der Waals surface area contributed by atoms with Crippen molar-refractivity contribution < 1.29 is 33.4 Å². The predicted octanol–water partition coefficient (Wildman–Crippen LogP) is 5.17. The van der Waals surface area contributed by atoms with Crippen molar-refractivity contribution in [3.63, 3.8) is 0 Å². The number of ether oxygens (including phenoxy) is 1. The Bertz CT molecular complexity index is 1640. The molecular formula is C36H49Cl2FN6O6. The SMILES string of the molecule is CC(C)CC(NC(=O)C(Cc1ccc(F)cc1)NC(=O)OC(C)(C)C)C(=O)NC(CCc1nc2cc(N(CCCl)CCCl)ccc2n1C)C(=O)O. The summed E-state index contributed by atoms with van der Waals surface area (Å²) in [6, 6.07) is 7.72. The normalized spacial score (nSPS) is 13.4. The number of alkyl halides is 2. The molecule has 4 N–H and O–H groups in total. The molecule has 51 heavy (non-hydrogen) atoms. The highest BCUT2D eigenvalue weighted by atomic mass is 35.5. The Morgan fingerprint density at radius 1 is 0.941 bits per heavy atom. The van der Waals surface area contributed by atoms with Crippen LogP contribution in [-0.4, -0.2) is 87.1 Å². The first-order valence-corrected chi connectivity index (χ1v) is 18.0. The van der Waals surface area contributed by atoms with E-state index in [0.29, 0.717) is 36.2 Å². The summed E-state index contributed by atoms with van der Waals surface area (Å²) in [7, 11) is 1.84. The third kappa shape index (κ3) is 12.9. The van der Waals surface area contributed by atoms with Crippen LogP contribution < -0.4 is 20.9 Å². The Morgan fingerprint density at radius 3 is 2.12 bits per heavy atom. The Labute approximate surface area is 308 Å². The van der Waals surface area contributed by atoms with Crippen LogP contribution in [0.4, 0.5) is 14.9 Å². The van der Waals surface area contributed by atoms with Crippen molar-refractivity contribution in [2.45, 2.75) is 84.0 Å². The van der Waals surface area contributed by atoms with Crippen LogP contribution in [0.25, 0.3) is 11.0 Å². The number of halogens is 3. The lowest BCUT2D eigenvalue weighted by Crippen LogP contribution is -2.56. The van der Waals surface area contributed by atoms with Gasteiger partial charge in [-0.05, 0) is 75.4 Å².